The van der Waals surface area contributed by atoms with Gasteiger partial charge in [0.15, 0.2) is 0 Å². The molecule has 56 valence electrons. The number of rotatable bonds is 0. The van der Waals surface area contributed by atoms with Crippen molar-refractivity contribution in [3.8, 4) is 11.8 Å². The van der Waals surface area contributed by atoms with Gasteiger partial charge in [-0.15, -0.1) is 5.92 Å². The molecule has 10 heavy (non-hydrogen) atoms. The zero-order valence-electron chi connectivity index (χ0n) is 7.12. The van der Waals surface area contributed by atoms with E-state index < -0.39 is 0 Å². The van der Waals surface area contributed by atoms with Gasteiger partial charge in [0.05, 0.1) is 6.61 Å². The van der Waals surface area contributed by atoms with Crippen molar-refractivity contribution in [3.05, 3.63) is 0 Å². The van der Waals surface area contributed by atoms with Gasteiger partial charge in [-0.25, -0.2) is 0 Å². The SMILES string of the molecule is CC#CC1(C)OCC1(C)C. The first-order chi connectivity index (χ1) is 4.52. The first-order valence-corrected chi connectivity index (χ1v) is 3.60. The van der Waals surface area contributed by atoms with Gasteiger partial charge in [0.25, 0.3) is 0 Å². The standard InChI is InChI=1S/C9H14O/c1-5-6-9(4)8(2,3)7-10-9/h7H2,1-4H3. The maximum absolute atomic E-state index is 5.40. The monoisotopic (exact) mass is 138 g/mol. The molecule has 0 aromatic rings. The average molecular weight is 138 g/mol. The summed E-state index contributed by atoms with van der Waals surface area (Å²) in [5.41, 5.74) is 0.0394. The van der Waals surface area contributed by atoms with Gasteiger partial charge in [-0.05, 0) is 13.8 Å². The summed E-state index contributed by atoms with van der Waals surface area (Å²) in [4.78, 5) is 0. The molecule has 1 aliphatic heterocycles. The molecule has 0 amide bonds. The minimum atomic E-state index is -0.193. The molecule has 0 bridgehead atoms. The van der Waals surface area contributed by atoms with E-state index in [1.54, 1.807) is 0 Å². The van der Waals surface area contributed by atoms with Crippen molar-refractivity contribution in [2.75, 3.05) is 6.61 Å². The molecule has 0 radical (unpaired) electrons. The van der Waals surface area contributed by atoms with Crippen molar-refractivity contribution < 1.29 is 4.74 Å². The largest absolute Gasteiger partial charge is 0.361 e. The van der Waals surface area contributed by atoms with E-state index in [2.05, 4.69) is 25.7 Å². The Morgan fingerprint density at radius 1 is 1.30 bits per heavy atom. The van der Waals surface area contributed by atoms with Crippen LogP contribution in [0.25, 0.3) is 0 Å². The van der Waals surface area contributed by atoms with Gasteiger partial charge in [0, 0.05) is 5.41 Å². The van der Waals surface area contributed by atoms with Crippen LogP contribution in [0.4, 0.5) is 0 Å². The summed E-state index contributed by atoms with van der Waals surface area (Å²) in [5, 5.41) is 0. The molecule has 0 aliphatic carbocycles. The van der Waals surface area contributed by atoms with Gasteiger partial charge < -0.3 is 4.74 Å². The molecule has 1 heterocycles. The first kappa shape index (κ1) is 7.63. The molecule has 1 fully saturated rings. The lowest BCUT2D eigenvalue weighted by molar-refractivity contribution is -0.205. The Morgan fingerprint density at radius 2 is 1.90 bits per heavy atom. The van der Waals surface area contributed by atoms with E-state index in [9.17, 15) is 0 Å². The minimum Gasteiger partial charge on any atom is -0.361 e. The third-order valence-corrected chi connectivity index (χ3v) is 2.38. The Labute approximate surface area is 62.8 Å². The Hall–Kier alpha value is -0.480. The summed E-state index contributed by atoms with van der Waals surface area (Å²) in [6.07, 6.45) is 0. The lowest BCUT2D eigenvalue weighted by Gasteiger charge is -2.50. The lowest BCUT2D eigenvalue weighted by atomic mass is 9.72. The summed E-state index contributed by atoms with van der Waals surface area (Å²) >= 11 is 0. The van der Waals surface area contributed by atoms with E-state index in [0.29, 0.717) is 0 Å². The van der Waals surface area contributed by atoms with Gasteiger partial charge in [-0.1, -0.05) is 19.8 Å². The van der Waals surface area contributed by atoms with Gasteiger partial charge in [-0.2, -0.15) is 0 Å². The fourth-order valence-electron chi connectivity index (χ4n) is 1.02. The molecular formula is C9H14O. The highest BCUT2D eigenvalue weighted by molar-refractivity contribution is 5.20. The summed E-state index contributed by atoms with van der Waals surface area (Å²) in [6.45, 7) is 9.09. The average Bonchev–Trinajstić information content (AvgIpc) is 1.86. The molecule has 0 aromatic carbocycles. The number of ether oxygens (including phenoxy) is 1. The van der Waals surface area contributed by atoms with E-state index in [0.717, 1.165) is 6.61 Å². The van der Waals surface area contributed by atoms with Crippen molar-refractivity contribution in [2.45, 2.75) is 33.3 Å². The van der Waals surface area contributed by atoms with Crippen LogP contribution in [-0.2, 0) is 4.74 Å². The zero-order chi connectivity index (χ0) is 7.83. The summed E-state index contributed by atoms with van der Waals surface area (Å²) in [6, 6.07) is 0. The molecule has 1 atom stereocenters. The molecule has 1 nitrogen and oxygen atoms in total. The van der Waals surface area contributed by atoms with Crippen molar-refractivity contribution in [2.24, 2.45) is 5.41 Å². The predicted molar refractivity (Wildman–Crippen MR) is 41.6 cm³/mol. The summed E-state index contributed by atoms with van der Waals surface area (Å²) < 4.78 is 5.40. The fraction of sp³-hybridized carbons (Fsp3) is 0.778. The zero-order valence-corrected chi connectivity index (χ0v) is 7.12. The van der Waals surface area contributed by atoms with Gasteiger partial charge in [0.2, 0.25) is 0 Å². The summed E-state index contributed by atoms with van der Waals surface area (Å²) in [7, 11) is 0. The van der Waals surface area contributed by atoms with Crippen LogP contribution in [0.5, 0.6) is 0 Å². The molecular weight excluding hydrogens is 124 g/mol. The molecule has 0 N–H and O–H groups in total. The highest BCUT2D eigenvalue weighted by Gasteiger charge is 2.50. The van der Waals surface area contributed by atoms with E-state index in [1.165, 1.54) is 0 Å². The van der Waals surface area contributed by atoms with Crippen LogP contribution in [0.15, 0.2) is 0 Å². The quantitative estimate of drug-likeness (QED) is 0.464. The molecule has 1 unspecified atom stereocenters. The minimum absolute atomic E-state index is 0.193. The number of hydrogen-bond acceptors (Lipinski definition) is 1. The van der Waals surface area contributed by atoms with Crippen molar-refractivity contribution >= 4 is 0 Å². The van der Waals surface area contributed by atoms with E-state index in [1.807, 2.05) is 13.8 Å². The lowest BCUT2D eigenvalue weighted by Crippen LogP contribution is -2.57. The highest BCUT2D eigenvalue weighted by Crippen LogP contribution is 2.43. The maximum Gasteiger partial charge on any atom is 0.133 e. The molecule has 1 aliphatic rings. The first-order valence-electron chi connectivity index (χ1n) is 3.60. The number of hydrogen-bond donors (Lipinski definition) is 0. The van der Waals surface area contributed by atoms with Crippen LogP contribution in [0.2, 0.25) is 0 Å². The second-order valence-corrected chi connectivity index (χ2v) is 3.58. The van der Waals surface area contributed by atoms with Crippen LogP contribution in [-0.4, -0.2) is 12.2 Å². The summed E-state index contributed by atoms with van der Waals surface area (Å²) in [5.74, 6) is 5.97. The van der Waals surface area contributed by atoms with Crippen molar-refractivity contribution in [1.82, 2.24) is 0 Å². The Kier molecular flexibility index (Phi) is 1.53. The molecule has 1 saturated heterocycles. The third kappa shape index (κ3) is 0.839. The fourth-order valence-corrected chi connectivity index (χ4v) is 1.02. The Bertz CT molecular complexity index is 195. The Balaban J connectivity index is 2.77. The highest BCUT2D eigenvalue weighted by atomic mass is 16.5. The molecule has 1 rings (SSSR count). The van der Waals surface area contributed by atoms with Crippen LogP contribution >= 0.6 is 0 Å². The molecule has 0 spiro atoms. The van der Waals surface area contributed by atoms with Crippen molar-refractivity contribution in [3.63, 3.8) is 0 Å². The van der Waals surface area contributed by atoms with Gasteiger partial charge in [-0.3, -0.25) is 0 Å². The van der Waals surface area contributed by atoms with Crippen LogP contribution < -0.4 is 0 Å². The van der Waals surface area contributed by atoms with E-state index in [4.69, 9.17) is 4.74 Å². The predicted octanol–water partition coefficient (Wildman–Crippen LogP) is 1.82. The molecule has 1 heteroatoms. The van der Waals surface area contributed by atoms with Crippen LogP contribution in [0, 0.1) is 17.3 Å². The van der Waals surface area contributed by atoms with E-state index >= 15 is 0 Å². The van der Waals surface area contributed by atoms with Crippen LogP contribution in [0.3, 0.4) is 0 Å². The second-order valence-electron chi connectivity index (χ2n) is 3.58. The second kappa shape index (κ2) is 2.00. The maximum atomic E-state index is 5.40. The topological polar surface area (TPSA) is 9.23 Å². The molecule has 0 saturated carbocycles. The van der Waals surface area contributed by atoms with Gasteiger partial charge >= 0.3 is 0 Å². The third-order valence-electron chi connectivity index (χ3n) is 2.38. The Morgan fingerprint density at radius 3 is 2.00 bits per heavy atom. The van der Waals surface area contributed by atoms with Gasteiger partial charge in [0.1, 0.15) is 5.60 Å². The van der Waals surface area contributed by atoms with Crippen molar-refractivity contribution in [1.29, 1.82) is 0 Å². The van der Waals surface area contributed by atoms with Crippen LogP contribution in [0.1, 0.15) is 27.7 Å². The normalized spacial score (nSPS) is 35.6. The smallest absolute Gasteiger partial charge is 0.133 e. The van der Waals surface area contributed by atoms with E-state index in [-0.39, 0.29) is 11.0 Å². The molecule has 0 aromatic heterocycles.